The summed E-state index contributed by atoms with van der Waals surface area (Å²) >= 11 is 1.67. The third-order valence-electron chi connectivity index (χ3n) is 8.39. The Morgan fingerprint density at radius 2 is 1.23 bits per heavy atom. The van der Waals surface area contributed by atoms with Crippen LogP contribution < -0.4 is 0 Å². The fourth-order valence-corrected chi connectivity index (χ4v) is 7.78. The van der Waals surface area contributed by atoms with Gasteiger partial charge in [0.1, 0.15) is 17.7 Å². The van der Waals surface area contributed by atoms with Crippen LogP contribution in [0.15, 0.2) is 115 Å². The SMILES string of the molecule is N#Cc1ccc2c(c1)c1ccccc1n2-c1cccc(-n2c3ccccc3c3ccc4sc5c(C#N)cccc5c4c32)n1. The second kappa shape index (κ2) is 8.77. The number of para-hydroxylation sites is 2. The number of rotatable bonds is 2. The zero-order chi connectivity index (χ0) is 28.7. The summed E-state index contributed by atoms with van der Waals surface area (Å²) in [7, 11) is 0. The van der Waals surface area contributed by atoms with E-state index in [-0.39, 0.29) is 0 Å². The summed E-state index contributed by atoms with van der Waals surface area (Å²) in [6.07, 6.45) is 0. The van der Waals surface area contributed by atoms with Crippen molar-refractivity contribution in [1.29, 1.82) is 10.5 Å². The van der Waals surface area contributed by atoms with E-state index in [4.69, 9.17) is 4.98 Å². The van der Waals surface area contributed by atoms with Crippen LogP contribution in [0.3, 0.4) is 0 Å². The topological polar surface area (TPSA) is 70.3 Å². The van der Waals surface area contributed by atoms with Gasteiger partial charge in [0, 0.05) is 37.0 Å². The Morgan fingerprint density at radius 1 is 0.558 bits per heavy atom. The van der Waals surface area contributed by atoms with Crippen molar-refractivity contribution in [1.82, 2.24) is 14.1 Å². The smallest absolute Gasteiger partial charge is 0.140 e. The molecule has 0 saturated heterocycles. The fraction of sp³-hybridized carbons (Fsp3) is 0. The standard InChI is InChI=1S/C37H19N5S/c38-20-22-15-17-31-28(19-22)25-9-2-3-11-29(25)41(31)33-13-6-14-34(40-33)42-30-12-4-1-8-24(30)26-16-18-32-35(36(26)42)27-10-5-7-23(21-39)37(27)43-32/h1-19H. The lowest BCUT2D eigenvalue weighted by Gasteiger charge is -2.12. The molecule has 0 saturated carbocycles. The van der Waals surface area contributed by atoms with Crippen LogP contribution in [-0.2, 0) is 0 Å². The van der Waals surface area contributed by atoms with Crippen molar-refractivity contribution in [3.63, 3.8) is 0 Å². The van der Waals surface area contributed by atoms with Crippen molar-refractivity contribution in [2.45, 2.75) is 0 Å². The molecule has 0 fully saturated rings. The molecule has 9 rings (SSSR count). The predicted octanol–water partition coefficient (Wildman–Crippen LogP) is 9.39. The summed E-state index contributed by atoms with van der Waals surface area (Å²) in [5.74, 6) is 1.61. The molecule has 4 heterocycles. The van der Waals surface area contributed by atoms with Crippen molar-refractivity contribution in [2.75, 3.05) is 0 Å². The van der Waals surface area contributed by atoms with Gasteiger partial charge in [-0.2, -0.15) is 10.5 Å². The van der Waals surface area contributed by atoms with Crippen molar-refractivity contribution >= 4 is 75.1 Å². The zero-order valence-corrected chi connectivity index (χ0v) is 23.4. The number of nitrogens with zero attached hydrogens (tertiary/aromatic N) is 5. The maximum atomic E-state index is 9.85. The van der Waals surface area contributed by atoms with Crippen LogP contribution in [0, 0.1) is 22.7 Å². The zero-order valence-electron chi connectivity index (χ0n) is 22.6. The van der Waals surface area contributed by atoms with Gasteiger partial charge in [0.05, 0.1) is 44.0 Å². The summed E-state index contributed by atoms with van der Waals surface area (Å²) in [5.41, 5.74) is 5.53. The number of hydrogen-bond acceptors (Lipinski definition) is 4. The molecule has 0 aliphatic carbocycles. The van der Waals surface area contributed by atoms with Crippen molar-refractivity contribution in [3.8, 4) is 23.8 Å². The minimum absolute atomic E-state index is 0.633. The number of thiophene rings is 1. The van der Waals surface area contributed by atoms with Crippen molar-refractivity contribution < 1.29 is 0 Å². The largest absolute Gasteiger partial charge is 0.294 e. The Hall–Kier alpha value is -5.95. The molecule has 9 aromatic rings. The summed E-state index contributed by atoms with van der Waals surface area (Å²) in [4.78, 5) is 5.32. The highest BCUT2D eigenvalue weighted by molar-refractivity contribution is 7.26. The quantitative estimate of drug-likeness (QED) is 0.210. The van der Waals surface area contributed by atoms with E-state index < -0.39 is 0 Å². The maximum absolute atomic E-state index is 9.85. The third-order valence-corrected chi connectivity index (χ3v) is 9.60. The monoisotopic (exact) mass is 565 g/mol. The van der Waals surface area contributed by atoms with Crippen LogP contribution in [-0.4, -0.2) is 14.1 Å². The van der Waals surface area contributed by atoms with Gasteiger partial charge in [-0.25, -0.2) is 4.98 Å². The minimum Gasteiger partial charge on any atom is -0.294 e. The average molecular weight is 566 g/mol. The van der Waals surface area contributed by atoms with Gasteiger partial charge in [-0.15, -0.1) is 11.3 Å². The van der Waals surface area contributed by atoms with E-state index in [2.05, 4.69) is 88.0 Å². The first-order valence-electron chi connectivity index (χ1n) is 13.9. The molecule has 0 spiro atoms. The van der Waals surface area contributed by atoms with Gasteiger partial charge in [0.25, 0.3) is 0 Å². The molecule has 0 atom stereocenters. The molecule has 0 aliphatic heterocycles. The van der Waals surface area contributed by atoms with Gasteiger partial charge in [-0.1, -0.05) is 60.7 Å². The van der Waals surface area contributed by atoms with Crippen LogP contribution in [0.5, 0.6) is 0 Å². The first-order valence-corrected chi connectivity index (χ1v) is 14.8. The maximum Gasteiger partial charge on any atom is 0.140 e. The fourth-order valence-electron chi connectivity index (χ4n) is 6.61. The highest BCUT2D eigenvalue weighted by Gasteiger charge is 2.20. The van der Waals surface area contributed by atoms with Crippen LogP contribution in [0.2, 0.25) is 0 Å². The molecule has 6 heteroatoms. The van der Waals surface area contributed by atoms with E-state index in [9.17, 15) is 10.5 Å². The Balaban J connectivity index is 1.40. The number of aromatic nitrogens is 3. The van der Waals surface area contributed by atoms with Gasteiger partial charge >= 0.3 is 0 Å². The lowest BCUT2D eigenvalue weighted by atomic mass is 10.1. The summed E-state index contributed by atoms with van der Waals surface area (Å²) in [6.45, 7) is 0. The molecular formula is C37H19N5S. The molecule has 0 N–H and O–H groups in total. The Bertz CT molecular complexity index is 2710. The number of benzene rings is 5. The van der Waals surface area contributed by atoms with E-state index in [1.165, 1.54) is 0 Å². The number of pyridine rings is 1. The van der Waals surface area contributed by atoms with E-state index >= 15 is 0 Å². The van der Waals surface area contributed by atoms with Crippen LogP contribution >= 0.6 is 11.3 Å². The molecule has 0 bridgehead atoms. The second-order valence-corrected chi connectivity index (χ2v) is 11.7. The van der Waals surface area contributed by atoms with Crippen LogP contribution in [0.4, 0.5) is 0 Å². The predicted molar refractivity (Wildman–Crippen MR) is 175 cm³/mol. The van der Waals surface area contributed by atoms with Crippen molar-refractivity contribution in [2.24, 2.45) is 0 Å². The highest BCUT2D eigenvalue weighted by Crippen LogP contribution is 2.43. The highest BCUT2D eigenvalue weighted by atomic mass is 32.1. The van der Waals surface area contributed by atoms with Crippen LogP contribution in [0.25, 0.3) is 75.4 Å². The number of nitriles is 2. The number of hydrogen-bond donors (Lipinski definition) is 0. The molecule has 0 radical (unpaired) electrons. The Kier molecular flexibility index (Phi) is 4.84. The molecule has 0 unspecified atom stereocenters. The summed E-state index contributed by atoms with van der Waals surface area (Å²) in [5, 5.41) is 26.1. The van der Waals surface area contributed by atoms with E-state index in [1.54, 1.807) is 11.3 Å². The van der Waals surface area contributed by atoms with Gasteiger partial charge in [-0.05, 0) is 54.6 Å². The lowest BCUT2D eigenvalue weighted by Crippen LogP contribution is -2.03. The molecule has 5 aromatic carbocycles. The molecule has 0 amide bonds. The van der Waals surface area contributed by atoms with E-state index in [1.807, 2.05) is 48.5 Å². The lowest BCUT2D eigenvalue weighted by molar-refractivity contribution is 1.02. The normalized spacial score (nSPS) is 11.7. The molecule has 198 valence electrons. The number of fused-ring (bicyclic) bond motifs is 10. The van der Waals surface area contributed by atoms with Gasteiger partial charge in [-0.3, -0.25) is 9.13 Å². The molecular weight excluding hydrogens is 547 g/mol. The third kappa shape index (κ3) is 3.21. The molecule has 43 heavy (non-hydrogen) atoms. The summed E-state index contributed by atoms with van der Waals surface area (Å²) < 4.78 is 6.59. The van der Waals surface area contributed by atoms with Crippen molar-refractivity contribution in [3.05, 3.63) is 126 Å². The van der Waals surface area contributed by atoms with Gasteiger partial charge < -0.3 is 0 Å². The van der Waals surface area contributed by atoms with Gasteiger partial charge in [0.2, 0.25) is 0 Å². The van der Waals surface area contributed by atoms with Crippen LogP contribution in [0.1, 0.15) is 11.1 Å². The second-order valence-electron chi connectivity index (χ2n) is 10.6. The Morgan fingerprint density at radius 3 is 2.02 bits per heavy atom. The molecule has 5 nitrogen and oxygen atoms in total. The summed E-state index contributed by atoms with van der Waals surface area (Å²) in [6, 6.07) is 43.7. The van der Waals surface area contributed by atoms with E-state index in [0.29, 0.717) is 11.1 Å². The molecule has 4 aromatic heterocycles. The van der Waals surface area contributed by atoms with E-state index in [0.717, 1.165) is 75.4 Å². The first kappa shape index (κ1) is 23.7. The Labute approximate surface area is 249 Å². The molecule has 0 aliphatic rings. The van der Waals surface area contributed by atoms with Gasteiger partial charge in [0.15, 0.2) is 0 Å². The average Bonchev–Trinajstić information content (AvgIpc) is 3.72. The minimum atomic E-state index is 0.633. The first-order chi connectivity index (χ1) is 21.2.